The molecule has 2 aliphatic heterocycles. The van der Waals surface area contributed by atoms with E-state index >= 15 is 0 Å². The zero-order valence-corrected chi connectivity index (χ0v) is 47.9. The molecule has 2 heterocycles. The highest BCUT2D eigenvalue weighted by Gasteiger charge is 2.58. The number of hydroxylamine groups is 1. The molecule has 7 aliphatic rings. The van der Waals surface area contributed by atoms with Gasteiger partial charge in [-0.05, 0) is 128 Å². The fraction of sp³-hybridized carbons (Fsp3) is 0.292. The number of carbonyl (C=O) groups is 3. The first-order valence-electron chi connectivity index (χ1n) is 29.1. The predicted octanol–water partition coefficient (Wildman–Crippen LogP) is 14.5. The smallest absolute Gasteiger partial charge is 0.309 e. The molecule has 0 bridgehead atoms. The van der Waals surface area contributed by atoms with Crippen LogP contribution in [-0.4, -0.2) is 59.2 Å². The third-order valence-electron chi connectivity index (χ3n) is 18.5. The molecule has 414 valence electrons. The standard InChI is InChI=1S/C28H27NO2.C27H26N2O2.C17H15BrO2/c1-31-28(30)27-25(19-5-3-2-4-6-19)26(27)20-9-7-18(8-10-20)21-11-12-22-16-29(24-13-14-24)17-23(22)15-21;30-27(28-31)26-24(18-4-2-1-3-5-18)25(26)19-8-6-17(7-9-19)20-10-11-21-15-29(23-12-13-23)16-22(21)14-20;1-20-17(19)16-14(11-5-3-2-4-6-11)15(16)12-7-9-13(18)10-8-12/h2-12,15,24-27H,13-14,16-17H2,1H3;1-11,14,23-26,31H,12-13,15-16H2,(H,28,30);2-10,14-16H,1H3/t25-,26-,27-;24-,25-,26-;14?,15-,16-/m111/s1. The number of esters is 2. The molecular weight excluding hydrogens is 1080 g/mol. The largest absolute Gasteiger partial charge is 0.469 e. The minimum Gasteiger partial charge on any atom is -0.469 e. The molecule has 2 N–H and O–H groups in total. The number of carbonyl (C=O) groups excluding carboxylic acids is 3. The van der Waals surface area contributed by atoms with Crippen molar-refractivity contribution < 1.29 is 29.1 Å². The molecule has 10 heteroatoms. The summed E-state index contributed by atoms with van der Waals surface area (Å²) in [7, 11) is 2.95. The Hall–Kier alpha value is -7.47. The van der Waals surface area contributed by atoms with Gasteiger partial charge in [-0.15, -0.1) is 0 Å². The molecule has 8 aromatic rings. The highest BCUT2D eigenvalue weighted by atomic mass is 79.9. The van der Waals surface area contributed by atoms with Crippen LogP contribution in [0, 0.1) is 17.8 Å². The summed E-state index contributed by atoms with van der Waals surface area (Å²) in [6.45, 7) is 4.37. The van der Waals surface area contributed by atoms with Gasteiger partial charge < -0.3 is 9.47 Å². The monoisotopic (exact) mass is 1150 g/mol. The third kappa shape index (κ3) is 11.1. The molecule has 1 unspecified atom stereocenters. The van der Waals surface area contributed by atoms with Gasteiger partial charge in [0.15, 0.2) is 0 Å². The highest BCUT2D eigenvalue weighted by molar-refractivity contribution is 9.10. The minimum atomic E-state index is -0.304. The van der Waals surface area contributed by atoms with Crippen LogP contribution in [0.1, 0.15) is 117 Å². The molecular formula is C72H68BrN3O6. The first-order chi connectivity index (χ1) is 40.2. The van der Waals surface area contributed by atoms with Gasteiger partial charge in [0, 0.05) is 78.2 Å². The van der Waals surface area contributed by atoms with E-state index in [1.807, 2.05) is 72.2 Å². The second kappa shape index (κ2) is 23.1. The van der Waals surface area contributed by atoms with E-state index in [1.54, 1.807) is 0 Å². The zero-order chi connectivity index (χ0) is 56.0. The Balaban J connectivity index is 0.000000119. The molecule has 82 heavy (non-hydrogen) atoms. The van der Waals surface area contributed by atoms with Gasteiger partial charge >= 0.3 is 11.9 Å². The number of halogens is 1. The number of amides is 1. The van der Waals surface area contributed by atoms with Crippen molar-refractivity contribution in [3.63, 3.8) is 0 Å². The molecule has 0 spiro atoms. The Morgan fingerprint density at radius 1 is 0.402 bits per heavy atom. The maximum atomic E-state index is 12.4. The second-order valence-corrected chi connectivity index (χ2v) is 24.4. The number of hydrogen-bond donors (Lipinski definition) is 2. The van der Waals surface area contributed by atoms with E-state index in [-0.39, 0.29) is 71.1 Å². The van der Waals surface area contributed by atoms with Crippen LogP contribution in [-0.2, 0) is 50.0 Å². The lowest BCUT2D eigenvalue weighted by Crippen LogP contribution is -2.21. The summed E-state index contributed by atoms with van der Waals surface area (Å²) in [5, 5.41) is 9.20. The Labute approximate surface area is 489 Å². The number of rotatable bonds is 13. The van der Waals surface area contributed by atoms with Gasteiger partial charge in [-0.3, -0.25) is 29.4 Å². The van der Waals surface area contributed by atoms with Crippen molar-refractivity contribution in [3.8, 4) is 22.3 Å². The SMILES string of the molecule is COC(=O)[C@@H]1C(c2ccccc2)[C@H]1c1ccc(Br)cc1.COC(=O)[C@@H]1[C@H](c2ccccc2)[C@H]1c1ccc(-c2ccc3c(c2)CN(C2CC2)C3)cc1.O=C(NO)[C@@H]1[C@H](c2ccccc2)[C@H]1c1ccc(-c2ccc3c(c2)CN(C2CC2)C3)cc1. The van der Waals surface area contributed by atoms with E-state index in [1.165, 1.54) is 107 Å². The van der Waals surface area contributed by atoms with E-state index in [2.05, 4.69) is 159 Å². The second-order valence-electron chi connectivity index (χ2n) is 23.5. The summed E-state index contributed by atoms with van der Waals surface area (Å²) in [6.07, 6.45) is 5.42. The van der Waals surface area contributed by atoms with Crippen LogP contribution in [0.4, 0.5) is 0 Å². The van der Waals surface area contributed by atoms with Gasteiger partial charge in [-0.25, -0.2) is 5.48 Å². The van der Waals surface area contributed by atoms with Crippen molar-refractivity contribution in [2.75, 3.05) is 14.2 Å². The Bertz CT molecular complexity index is 3410. The van der Waals surface area contributed by atoms with Crippen LogP contribution in [0.2, 0.25) is 0 Å². The van der Waals surface area contributed by atoms with Crippen LogP contribution in [0.5, 0.6) is 0 Å². The van der Waals surface area contributed by atoms with Crippen LogP contribution in [0.25, 0.3) is 22.3 Å². The summed E-state index contributed by atoms with van der Waals surface area (Å²) in [5.74, 6) is 0.118. The molecule has 0 radical (unpaired) electrons. The number of fused-ring (bicyclic) bond motifs is 2. The molecule has 9 nitrogen and oxygen atoms in total. The molecule has 9 atom stereocenters. The number of nitrogens with one attached hydrogen (secondary N) is 1. The van der Waals surface area contributed by atoms with Gasteiger partial charge in [0.05, 0.1) is 32.0 Å². The van der Waals surface area contributed by atoms with E-state index in [0.29, 0.717) is 0 Å². The van der Waals surface area contributed by atoms with Gasteiger partial charge in [-0.1, -0.05) is 192 Å². The van der Waals surface area contributed by atoms with Crippen LogP contribution < -0.4 is 5.48 Å². The first-order valence-corrected chi connectivity index (χ1v) is 29.9. The van der Waals surface area contributed by atoms with Crippen molar-refractivity contribution in [1.82, 2.24) is 15.3 Å². The number of benzene rings is 8. The maximum absolute atomic E-state index is 12.4. The van der Waals surface area contributed by atoms with Gasteiger partial charge in [0.2, 0.25) is 5.91 Å². The molecule has 15 rings (SSSR count). The van der Waals surface area contributed by atoms with E-state index in [4.69, 9.17) is 9.47 Å². The van der Waals surface area contributed by atoms with Crippen molar-refractivity contribution >= 4 is 33.8 Å². The average molecular weight is 1150 g/mol. The molecule has 5 fully saturated rings. The summed E-state index contributed by atoms with van der Waals surface area (Å²) in [5.41, 5.74) is 19.8. The van der Waals surface area contributed by atoms with Gasteiger partial charge in [0.25, 0.3) is 0 Å². The fourth-order valence-corrected chi connectivity index (χ4v) is 14.0. The van der Waals surface area contributed by atoms with Crippen molar-refractivity contribution in [2.45, 2.75) is 99.5 Å². The van der Waals surface area contributed by atoms with Gasteiger partial charge in [0.1, 0.15) is 0 Å². The summed E-state index contributed by atoms with van der Waals surface area (Å²) in [6, 6.07) is 71.7. The lowest BCUT2D eigenvalue weighted by atomic mass is 9.98. The molecule has 5 aliphatic carbocycles. The Morgan fingerprint density at radius 3 is 1.04 bits per heavy atom. The maximum Gasteiger partial charge on any atom is 0.309 e. The number of hydrogen-bond acceptors (Lipinski definition) is 8. The zero-order valence-electron chi connectivity index (χ0n) is 46.3. The average Bonchev–Trinajstić information content (AvgIpc) is 3.72. The Kier molecular flexibility index (Phi) is 15.1. The third-order valence-corrected chi connectivity index (χ3v) is 19.0. The Morgan fingerprint density at radius 2 is 0.707 bits per heavy atom. The van der Waals surface area contributed by atoms with Crippen LogP contribution in [0.3, 0.4) is 0 Å². The van der Waals surface area contributed by atoms with Crippen molar-refractivity contribution in [3.05, 3.63) is 260 Å². The number of nitrogens with zero attached hydrogens (tertiary/aromatic N) is 2. The van der Waals surface area contributed by atoms with Crippen LogP contribution in [0.15, 0.2) is 205 Å². The van der Waals surface area contributed by atoms with Gasteiger partial charge in [-0.2, -0.15) is 0 Å². The fourth-order valence-electron chi connectivity index (χ4n) is 13.8. The summed E-state index contributed by atoms with van der Waals surface area (Å²) in [4.78, 5) is 41.8. The topological polar surface area (TPSA) is 108 Å². The first kappa shape index (κ1) is 53.8. The molecule has 8 aromatic carbocycles. The molecule has 0 saturated heterocycles. The highest BCUT2D eigenvalue weighted by Crippen LogP contribution is 2.63. The lowest BCUT2D eigenvalue weighted by Gasteiger charge is -2.12. The lowest BCUT2D eigenvalue weighted by molar-refractivity contribution is -0.143. The van der Waals surface area contributed by atoms with E-state index < -0.39 is 0 Å². The minimum absolute atomic E-state index is 0.0661. The number of methoxy groups -OCH3 is 2. The molecule has 5 saturated carbocycles. The van der Waals surface area contributed by atoms with Crippen LogP contribution >= 0.6 is 15.9 Å². The van der Waals surface area contributed by atoms with E-state index in [0.717, 1.165) is 53.9 Å². The normalized spacial score (nSPS) is 24.5. The van der Waals surface area contributed by atoms with Crippen molar-refractivity contribution in [1.29, 1.82) is 0 Å². The molecule has 1 amide bonds. The summed E-state index contributed by atoms with van der Waals surface area (Å²) < 4.78 is 11.1. The van der Waals surface area contributed by atoms with Crippen molar-refractivity contribution in [2.24, 2.45) is 17.8 Å². The molecule has 0 aromatic heterocycles. The predicted molar refractivity (Wildman–Crippen MR) is 323 cm³/mol. The quantitative estimate of drug-likeness (QED) is 0.0668. The summed E-state index contributed by atoms with van der Waals surface area (Å²) >= 11 is 3.44. The van der Waals surface area contributed by atoms with E-state index in [9.17, 15) is 19.6 Å². The number of ether oxygens (including phenoxy) is 2.